The highest BCUT2D eigenvalue weighted by molar-refractivity contribution is 6.03. The minimum Gasteiger partial charge on any atom is -0.490 e. The molecule has 6 atom stereocenters. The van der Waals surface area contributed by atoms with E-state index < -0.39 is 34.4 Å². The van der Waals surface area contributed by atoms with Gasteiger partial charge in [0.15, 0.2) is 0 Å². The molecule has 0 radical (unpaired) electrons. The van der Waals surface area contributed by atoms with E-state index in [4.69, 9.17) is 28.9 Å². The van der Waals surface area contributed by atoms with Crippen molar-refractivity contribution < 1.29 is 43.7 Å². The molecule has 1 amide bonds. The number of non-ortho nitro benzene ring substituents is 1. The Morgan fingerprint density at radius 2 is 1.65 bits per heavy atom. The minimum absolute atomic E-state index is 0.000107. The summed E-state index contributed by atoms with van der Waals surface area (Å²) in [4.78, 5) is 34.2. The van der Waals surface area contributed by atoms with E-state index in [1.807, 2.05) is 81.4 Å². The van der Waals surface area contributed by atoms with Gasteiger partial charge in [-0.15, -0.1) is 6.58 Å². The van der Waals surface area contributed by atoms with Gasteiger partial charge in [-0.2, -0.15) is 0 Å². The number of carbonyl (C=O) groups is 1. The molecule has 1 aliphatic heterocycles. The van der Waals surface area contributed by atoms with Gasteiger partial charge in [0.05, 0.1) is 29.7 Å². The standard InChI is InChI=1S/C52H61N3O10/c1-6-29-61-40-25-26-46-44(32-40)48-42(20-11-13-28-57)36(16-10-12-27-56)31-43-45(53-65-51(3,4)5)33-47(52(64-46,49(43)48)62-30-7-2)54(34-37-18-14-17-35-15-8-9-19-41(35)37)50(58)63-39-23-21-38(22-24-39)55(59)60/h6-9,14-15,17-19,21-26,31-32,36,42,47-49,56-57H,1-2,10-13,16,20,27-30,33-34H2,3-5H3. The van der Waals surface area contributed by atoms with Crippen molar-refractivity contribution in [2.45, 2.75) is 95.6 Å². The fraction of sp³-hybridized carbons (Fsp3) is 0.423. The molecule has 1 fully saturated rings. The Kier molecular flexibility index (Phi) is 15.1. The van der Waals surface area contributed by atoms with E-state index in [1.54, 1.807) is 17.1 Å². The Hall–Kier alpha value is -6.02. The lowest BCUT2D eigenvalue weighted by Gasteiger charge is -2.60. The third kappa shape index (κ3) is 10.4. The first-order valence-corrected chi connectivity index (χ1v) is 22.6. The number of ether oxygens (including phenoxy) is 4. The minimum atomic E-state index is -1.56. The van der Waals surface area contributed by atoms with Crippen LogP contribution in [-0.4, -0.2) is 75.7 Å². The SMILES string of the molecule is C=CCOc1ccc2c(c1)C1C(CCCCO)C(CCCCO)C=C3C(=NOC(C)(C)C)CC(N(Cc4cccc5ccccc45)C(=O)Oc4ccc([N+](=O)[O-])cc4)C(OCC=C)(O2)C31. The predicted octanol–water partition coefficient (Wildman–Crippen LogP) is 10.4. The van der Waals surface area contributed by atoms with Gasteiger partial charge in [-0.25, -0.2) is 4.79 Å². The second kappa shape index (κ2) is 20.9. The summed E-state index contributed by atoms with van der Waals surface area (Å²) >= 11 is 0. The number of amides is 1. The number of carbonyl (C=O) groups excluding carboxylic acids is 1. The molecule has 2 aliphatic carbocycles. The highest BCUT2D eigenvalue weighted by atomic mass is 16.7. The number of rotatable bonds is 20. The van der Waals surface area contributed by atoms with Crippen LogP contribution in [-0.2, 0) is 16.1 Å². The molecule has 0 spiro atoms. The molecule has 2 N–H and O–H groups in total. The highest BCUT2D eigenvalue weighted by Gasteiger charge is 2.66. The van der Waals surface area contributed by atoms with E-state index in [-0.39, 0.29) is 62.0 Å². The Labute approximate surface area is 381 Å². The highest BCUT2D eigenvalue weighted by Crippen LogP contribution is 2.62. The lowest BCUT2D eigenvalue weighted by Crippen LogP contribution is -2.70. The van der Waals surface area contributed by atoms with Crippen molar-refractivity contribution in [3.8, 4) is 17.2 Å². The molecular weight excluding hydrogens is 827 g/mol. The number of nitrogens with zero attached hydrogens (tertiary/aromatic N) is 3. The maximum atomic E-state index is 15.2. The number of aliphatic hydroxyl groups excluding tert-OH is 2. The first-order chi connectivity index (χ1) is 31.4. The Bertz CT molecular complexity index is 2380. The third-order valence-corrected chi connectivity index (χ3v) is 12.5. The van der Waals surface area contributed by atoms with Gasteiger partial charge in [-0.05, 0) is 111 Å². The molecule has 6 unspecified atom stereocenters. The fourth-order valence-electron chi connectivity index (χ4n) is 9.80. The van der Waals surface area contributed by atoms with E-state index in [0.717, 1.165) is 53.2 Å². The van der Waals surface area contributed by atoms with Gasteiger partial charge in [-0.1, -0.05) is 85.3 Å². The number of hydrogen-bond acceptors (Lipinski definition) is 11. The second-order valence-electron chi connectivity index (χ2n) is 18.0. The van der Waals surface area contributed by atoms with Gasteiger partial charge in [0, 0.05) is 43.2 Å². The number of oxime groups is 1. The number of nitro groups is 1. The van der Waals surface area contributed by atoms with Gasteiger partial charge in [-0.3, -0.25) is 15.0 Å². The van der Waals surface area contributed by atoms with Gasteiger partial charge in [0.2, 0.25) is 5.79 Å². The average Bonchev–Trinajstić information content (AvgIpc) is 3.29. The molecule has 344 valence electrons. The van der Waals surface area contributed by atoms with Crippen molar-refractivity contribution in [1.82, 2.24) is 4.90 Å². The van der Waals surface area contributed by atoms with Crippen molar-refractivity contribution >= 4 is 28.3 Å². The largest absolute Gasteiger partial charge is 0.490 e. The molecule has 0 saturated heterocycles. The topological polar surface area (TPSA) is 162 Å². The summed E-state index contributed by atoms with van der Waals surface area (Å²) in [6.45, 7) is 14.3. The zero-order chi connectivity index (χ0) is 46.1. The summed E-state index contributed by atoms with van der Waals surface area (Å²) in [5, 5.41) is 38.4. The molecule has 13 nitrogen and oxygen atoms in total. The number of nitro benzene ring substituents is 1. The molecular formula is C52H61N3O10. The Morgan fingerprint density at radius 1 is 0.938 bits per heavy atom. The molecule has 4 aromatic carbocycles. The summed E-state index contributed by atoms with van der Waals surface area (Å²) in [5.41, 5.74) is 2.49. The van der Waals surface area contributed by atoms with Crippen LogP contribution in [0.4, 0.5) is 10.5 Å². The number of aliphatic hydroxyl groups is 2. The van der Waals surface area contributed by atoms with Gasteiger partial charge in [0.1, 0.15) is 35.5 Å². The molecule has 0 aromatic heterocycles. The zero-order valence-electron chi connectivity index (χ0n) is 37.6. The van der Waals surface area contributed by atoms with Crippen LogP contribution in [0, 0.1) is 27.9 Å². The lowest BCUT2D eigenvalue weighted by molar-refractivity contribution is -0.384. The maximum Gasteiger partial charge on any atom is 0.416 e. The molecule has 7 rings (SSSR count). The maximum absolute atomic E-state index is 15.2. The van der Waals surface area contributed by atoms with E-state index in [2.05, 4.69) is 19.2 Å². The van der Waals surface area contributed by atoms with Crippen molar-refractivity contribution in [1.29, 1.82) is 0 Å². The smallest absolute Gasteiger partial charge is 0.416 e. The summed E-state index contributed by atoms with van der Waals surface area (Å²) in [5.74, 6) is -1.02. The van der Waals surface area contributed by atoms with Gasteiger partial charge >= 0.3 is 6.09 Å². The van der Waals surface area contributed by atoms with E-state index >= 15 is 4.79 Å². The third-order valence-electron chi connectivity index (χ3n) is 12.5. The summed E-state index contributed by atoms with van der Waals surface area (Å²) < 4.78 is 26.9. The van der Waals surface area contributed by atoms with Crippen molar-refractivity contribution in [2.24, 2.45) is 22.9 Å². The van der Waals surface area contributed by atoms with E-state index in [9.17, 15) is 20.3 Å². The van der Waals surface area contributed by atoms with Crippen LogP contribution >= 0.6 is 0 Å². The molecule has 4 aromatic rings. The number of unbranched alkanes of at least 4 members (excludes halogenated alkanes) is 2. The summed E-state index contributed by atoms with van der Waals surface area (Å²) in [6.07, 6.45) is 9.48. The molecule has 1 heterocycles. The number of benzene rings is 4. The summed E-state index contributed by atoms with van der Waals surface area (Å²) in [6, 6.07) is 24.2. The second-order valence-corrected chi connectivity index (χ2v) is 18.0. The van der Waals surface area contributed by atoms with Crippen LogP contribution in [0.5, 0.6) is 17.2 Å². The fourth-order valence-corrected chi connectivity index (χ4v) is 9.80. The predicted molar refractivity (Wildman–Crippen MR) is 250 cm³/mol. The molecule has 1 saturated carbocycles. The van der Waals surface area contributed by atoms with Crippen LogP contribution in [0.2, 0.25) is 0 Å². The normalized spacial score (nSPS) is 22.8. The Morgan fingerprint density at radius 3 is 2.35 bits per heavy atom. The van der Waals surface area contributed by atoms with Crippen molar-refractivity contribution in [3.63, 3.8) is 0 Å². The first kappa shape index (κ1) is 47.0. The van der Waals surface area contributed by atoms with Crippen LogP contribution < -0.4 is 14.2 Å². The van der Waals surface area contributed by atoms with Crippen LogP contribution in [0.25, 0.3) is 10.8 Å². The van der Waals surface area contributed by atoms with Crippen molar-refractivity contribution in [2.75, 3.05) is 26.4 Å². The molecule has 0 bridgehead atoms. The van der Waals surface area contributed by atoms with Crippen LogP contribution in [0.1, 0.15) is 82.8 Å². The molecule has 13 heteroatoms. The number of fused-ring (bicyclic) bond motifs is 3. The first-order valence-electron chi connectivity index (χ1n) is 22.6. The monoisotopic (exact) mass is 887 g/mol. The molecule has 3 aliphatic rings. The van der Waals surface area contributed by atoms with Crippen LogP contribution in [0.15, 0.2) is 127 Å². The quantitative estimate of drug-likeness (QED) is 0.0378. The zero-order valence-corrected chi connectivity index (χ0v) is 37.6. The van der Waals surface area contributed by atoms with E-state index in [0.29, 0.717) is 36.7 Å². The number of hydrogen-bond donors (Lipinski definition) is 2. The van der Waals surface area contributed by atoms with Gasteiger partial charge in [0.25, 0.3) is 5.69 Å². The molecule has 65 heavy (non-hydrogen) atoms. The lowest BCUT2D eigenvalue weighted by atomic mass is 9.55. The van der Waals surface area contributed by atoms with Crippen LogP contribution in [0.3, 0.4) is 0 Å². The van der Waals surface area contributed by atoms with Gasteiger partial charge < -0.3 is 34.0 Å². The average molecular weight is 888 g/mol. The van der Waals surface area contributed by atoms with E-state index in [1.165, 1.54) is 24.3 Å². The number of allylic oxidation sites excluding steroid dienone is 1. The summed E-state index contributed by atoms with van der Waals surface area (Å²) in [7, 11) is 0. The van der Waals surface area contributed by atoms with Crippen molar-refractivity contribution in [3.05, 3.63) is 143 Å². The Balaban J connectivity index is 1.49.